The van der Waals surface area contributed by atoms with Gasteiger partial charge in [0.25, 0.3) is 11.8 Å². The summed E-state index contributed by atoms with van der Waals surface area (Å²) in [5.41, 5.74) is 4.10. The number of carbonyl (C=O) groups is 3. The number of rotatable bonds is 6. The predicted molar refractivity (Wildman–Crippen MR) is 114 cm³/mol. The lowest BCUT2D eigenvalue weighted by Gasteiger charge is -2.46. The Kier molecular flexibility index (Phi) is 6.18. The summed E-state index contributed by atoms with van der Waals surface area (Å²) in [6.45, 7) is 0. The maximum atomic E-state index is 12.9. The number of amides is 2. The number of β-lactam (4-membered cyclic amide) rings is 1. The molecule has 4 N–H and O–H groups in total. The highest BCUT2D eigenvalue weighted by Crippen LogP contribution is 2.36. The highest BCUT2D eigenvalue weighted by molar-refractivity contribution is 8.00. The SMILES string of the molecule is Nc1nc(C(=NOc2cccc(C(F)(F)F)c2)C(=O)NC2C(=O)N3C=C(C(=O)O)CS[C@H]23)ns1. The predicted octanol–water partition coefficient (Wildman–Crippen LogP) is 1.29. The van der Waals surface area contributed by atoms with Crippen LogP contribution < -0.4 is 15.9 Å². The van der Waals surface area contributed by atoms with E-state index in [-0.39, 0.29) is 28.0 Å². The van der Waals surface area contributed by atoms with Crippen molar-refractivity contribution >= 4 is 51.9 Å². The molecule has 0 spiro atoms. The van der Waals surface area contributed by atoms with E-state index in [0.717, 1.165) is 35.4 Å². The van der Waals surface area contributed by atoms with Gasteiger partial charge in [0.05, 0.1) is 11.1 Å². The number of nitrogen functional groups attached to an aromatic ring is 1. The Morgan fingerprint density at radius 1 is 1.35 bits per heavy atom. The van der Waals surface area contributed by atoms with Crippen LogP contribution in [0.15, 0.2) is 41.2 Å². The average Bonchev–Trinajstić information content (AvgIpc) is 3.22. The van der Waals surface area contributed by atoms with Gasteiger partial charge in [0.2, 0.25) is 11.5 Å². The Bertz CT molecular complexity index is 1230. The molecule has 1 aromatic heterocycles. The maximum Gasteiger partial charge on any atom is 0.416 e. The molecule has 2 amide bonds. The van der Waals surface area contributed by atoms with Crippen LogP contribution in [0.5, 0.6) is 5.75 Å². The summed E-state index contributed by atoms with van der Waals surface area (Å²) >= 11 is 1.89. The van der Waals surface area contributed by atoms with Crippen LogP contribution in [0, 0.1) is 0 Å². The molecule has 16 heteroatoms. The fourth-order valence-electron chi connectivity index (χ4n) is 2.98. The van der Waals surface area contributed by atoms with Crippen molar-refractivity contribution in [1.82, 2.24) is 19.6 Å². The highest BCUT2D eigenvalue weighted by Gasteiger charge is 2.50. The number of carbonyl (C=O) groups excluding carboxylic acids is 2. The number of fused-ring (bicyclic) bond motifs is 1. The third-order valence-electron chi connectivity index (χ3n) is 4.62. The number of nitrogens with zero attached hydrogens (tertiary/aromatic N) is 4. The molecule has 34 heavy (non-hydrogen) atoms. The summed E-state index contributed by atoms with van der Waals surface area (Å²) in [4.78, 5) is 46.5. The largest absolute Gasteiger partial charge is 0.478 e. The number of aromatic nitrogens is 2. The van der Waals surface area contributed by atoms with Crippen LogP contribution in [0.25, 0.3) is 0 Å². The average molecular weight is 514 g/mol. The molecule has 1 saturated heterocycles. The summed E-state index contributed by atoms with van der Waals surface area (Å²) < 4.78 is 42.7. The molecule has 1 unspecified atom stereocenters. The molecule has 2 atom stereocenters. The minimum absolute atomic E-state index is 0.00497. The van der Waals surface area contributed by atoms with E-state index in [1.807, 2.05) is 0 Å². The van der Waals surface area contributed by atoms with Crippen molar-refractivity contribution in [3.63, 3.8) is 0 Å². The van der Waals surface area contributed by atoms with E-state index in [9.17, 15) is 27.6 Å². The van der Waals surface area contributed by atoms with Gasteiger partial charge < -0.3 is 25.9 Å². The van der Waals surface area contributed by atoms with Gasteiger partial charge in [-0.15, -0.1) is 11.8 Å². The van der Waals surface area contributed by atoms with E-state index in [2.05, 4.69) is 19.8 Å². The first-order chi connectivity index (χ1) is 16.0. The number of nitrogens with two attached hydrogens (primary N) is 1. The number of carboxylic acid groups (broad SMARTS) is 1. The van der Waals surface area contributed by atoms with Crippen molar-refractivity contribution in [2.24, 2.45) is 5.16 Å². The van der Waals surface area contributed by atoms with Crippen molar-refractivity contribution in [3.8, 4) is 5.75 Å². The molecule has 0 radical (unpaired) electrons. The van der Waals surface area contributed by atoms with Gasteiger partial charge in [0, 0.05) is 23.5 Å². The molecule has 178 valence electrons. The van der Waals surface area contributed by atoms with Crippen molar-refractivity contribution in [1.29, 1.82) is 0 Å². The summed E-state index contributed by atoms with van der Waals surface area (Å²) in [6, 6.07) is 2.84. The van der Waals surface area contributed by atoms with Crippen LogP contribution >= 0.6 is 23.3 Å². The van der Waals surface area contributed by atoms with Crippen LogP contribution in [0.3, 0.4) is 0 Å². The standard InChI is InChI=1S/C18H13F3N6O5S2/c19-18(20,21)8-2-1-3-9(4-8)32-25-10(12-24-17(22)34-26-12)13(28)23-11-14(29)27-5-7(16(30)31)6-33-15(11)27/h1-5,11,15H,6H2,(H,23,28)(H,30,31)(H2,22,24,26)/t11?,15-/m1/s1. The number of hydrogen-bond acceptors (Lipinski definition) is 10. The molecular weight excluding hydrogens is 501 g/mol. The van der Waals surface area contributed by atoms with E-state index < -0.39 is 46.7 Å². The van der Waals surface area contributed by atoms with Gasteiger partial charge in [-0.1, -0.05) is 11.2 Å². The van der Waals surface area contributed by atoms with Gasteiger partial charge in [-0.2, -0.15) is 22.5 Å². The third-order valence-corrected chi connectivity index (χ3v) is 6.48. The molecule has 0 saturated carbocycles. The van der Waals surface area contributed by atoms with Crippen molar-refractivity contribution in [2.45, 2.75) is 17.6 Å². The second-order valence-corrected chi connectivity index (χ2v) is 8.76. The number of anilines is 1. The quantitative estimate of drug-likeness (QED) is 0.293. The highest BCUT2D eigenvalue weighted by atomic mass is 32.2. The lowest BCUT2D eigenvalue weighted by molar-refractivity contribution is -0.144. The van der Waals surface area contributed by atoms with E-state index in [4.69, 9.17) is 15.7 Å². The number of carboxylic acids is 1. The molecule has 2 aromatic rings. The fraction of sp³-hybridized carbons (Fsp3) is 0.222. The molecule has 11 nitrogen and oxygen atoms in total. The van der Waals surface area contributed by atoms with Crippen molar-refractivity contribution in [3.05, 3.63) is 47.4 Å². The first kappa shape index (κ1) is 23.5. The molecule has 1 aromatic carbocycles. The van der Waals surface area contributed by atoms with Crippen LogP contribution in [-0.4, -0.2) is 60.0 Å². The molecule has 4 rings (SSSR count). The smallest absolute Gasteiger partial charge is 0.416 e. The van der Waals surface area contributed by atoms with Crippen LogP contribution in [-0.2, 0) is 20.6 Å². The minimum Gasteiger partial charge on any atom is -0.478 e. The van der Waals surface area contributed by atoms with Gasteiger partial charge in [-0.25, -0.2) is 4.79 Å². The summed E-state index contributed by atoms with van der Waals surface area (Å²) in [5, 5.41) is 14.6. The Morgan fingerprint density at radius 2 is 2.12 bits per heavy atom. The van der Waals surface area contributed by atoms with Crippen LogP contribution in [0.4, 0.5) is 18.3 Å². The lowest BCUT2D eigenvalue weighted by atomic mass is 10.1. The van der Waals surface area contributed by atoms with Crippen LogP contribution in [0.1, 0.15) is 11.4 Å². The lowest BCUT2D eigenvalue weighted by Crippen LogP contribution is -2.69. The van der Waals surface area contributed by atoms with Crippen molar-refractivity contribution in [2.75, 3.05) is 11.5 Å². The van der Waals surface area contributed by atoms with Gasteiger partial charge in [-0.05, 0) is 18.2 Å². The van der Waals surface area contributed by atoms with Gasteiger partial charge in [0.15, 0.2) is 10.9 Å². The number of halogens is 3. The number of hydrogen-bond donors (Lipinski definition) is 3. The molecule has 1 fully saturated rings. The Hall–Kier alpha value is -3.66. The fourth-order valence-corrected chi connectivity index (χ4v) is 4.67. The molecule has 3 heterocycles. The summed E-state index contributed by atoms with van der Waals surface area (Å²) in [6.07, 6.45) is -3.40. The molecule has 0 aliphatic carbocycles. The molecule has 2 aliphatic heterocycles. The number of benzene rings is 1. The molecule has 0 bridgehead atoms. The summed E-state index contributed by atoms with van der Waals surface area (Å²) in [7, 11) is 0. The second-order valence-electron chi connectivity index (χ2n) is 6.87. The maximum absolute atomic E-state index is 12.9. The Labute approximate surface area is 196 Å². The van der Waals surface area contributed by atoms with Gasteiger partial charge >= 0.3 is 12.1 Å². The second kappa shape index (κ2) is 8.94. The van der Waals surface area contributed by atoms with E-state index in [1.165, 1.54) is 17.2 Å². The first-order valence-electron chi connectivity index (χ1n) is 9.25. The zero-order valence-electron chi connectivity index (χ0n) is 16.6. The van der Waals surface area contributed by atoms with E-state index in [1.54, 1.807) is 0 Å². The zero-order chi connectivity index (χ0) is 24.6. The van der Waals surface area contributed by atoms with Gasteiger partial charge in [-0.3, -0.25) is 9.59 Å². The normalized spacial score (nSPS) is 20.2. The van der Waals surface area contributed by atoms with E-state index >= 15 is 0 Å². The number of aliphatic carboxylic acids is 1. The molecular formula is C18H13F3N6O5S2. The third kappa shape index (κ3) is 4.67. The number of oxime groups is 1. The number of nitrogens with one attached hydrogen (secondary N) is 1. The Morgan fingerprint density at radius 3 is 2.76 bits per heavy atom. The van der Waals surface area contributed by atoms with Crippen LogP contribution in [0.2, 0.25) is 0 Å². The topological polar surface area (TPSA) is 160 Å². The van der Waals surface area contributed by atoms with E-state index in [0.29, 0.717) is 6.07 Å². The van der Waals surface area contributed by atoms with Crippen molar-refractivity contribution < 1.29 is 37.5 Å². The first-order valence-corrected chi connectivity index (χ1v) is 11.1. The Balaban J connectivity index is 1.54. The minimum atomic E-state index is -4.61. The van der Waals surface area contributed by atoms with Gasteiger partial charge in [0.1, 0.15) is 11.4 Å². The zero-order valence-corrected chi connectivity index (χ0v) is 18.3. The monoisotopic (exact) mass is 514 g/mol. The number of thioether (sulfide) groups is 1. The molecule has 2 aliphatic rings. The summed E-state index contributed by atoms with van der Waals surface area (Å²) in [5.74, 6) is -3.06. The number of alkyl halides is 3.